The molecular formula is C14H17BrClF2NO. The van der Waals surface area contributed by atoms with Crippen LogP contribution in [-0.2, 0) is 0 Å². The number of halogens is 4. The van der Waals surface area contributed by atoms with E-state index in [1.54, 1.807) is 12.1 Å². The van der Waals surface area contributed by atoms with Crippen LogP contribution in [0.1, 0.15) is 32.6 Å². The quantitative estimate of drug-likeness (QED) is 0.736. The van der Waals surface area contributed by atoms with Crippen LogP contribution in [0.4, 0.5) is 14.5 Å². The maximum atomic E-state index is 12.5. The molecule has 2 rings (SSSR count). The van der Waals surface area contributed by atoms with Crippen LogP contribution in [0.5, 0.6) is 5.75 Å². The molecule has 0 bridgehead atoms. The van der Waals surface area contributed by atoms with Crippen molar-refractivity contribution in [3.8, 4) is 5.75 Å². The molecule has 1 aliphatic carbocycles. The smallest absolute Gasteiger partial charge is 0.387 e. The van der Waals surface area contributed by atoms with Gasteiger partial charge in [0.05, 0.1) is 10.2 Å². The molecule has 1 aliphatic rings. The van der Waals surface area contributed by atoms with E-state index in [9.17, 15) is 8.78 Å². The Balaban J connectivity index is 2.16. The van der Waals surface area contributed by atoms with E-state index in [0.717, 1.165) is 31.6 Å². The minimum absolute atomic E-state index is 0.114. The van der Waals surface area contributed by atoms with E-state index in [1.165, 1.54) is 0 Å². The number of benzene rings is 1. The van der Waals surface area contributed by atoms with Gasteiger partial charge in [-0.05, 0) is 59.7 Å². The summed E-state index contributed by atoms with van der Waals surface area (Å²) in [6, 6.07) is 3.45. The molecule has 0 aliphatic heterocycles. The van der Waals surface area contributed by atoms with Crippen molar-refractivity contribution in [2.75, 3.05) is 5.32 Å². The Hall–Kier alpha value is -0.550. The summed E-state index contributed by atoms with van der Waals surface area (Å²) in [7, 11) is 0. The first kappa shape index (κ1) is 15.8. The van der Waals surface area contributed by atoms with Crippen LogP contribution in [0.3, 0.4) is 0 Å². The van der Waals surface area contributed by atoms with Crippen LogP contribution in [-0.4, -0.2) is 12.7 Å². The highest BCUT2D eigenvalue weighted by Crippen LogP contribution is 2.39. The fraction of sp³-hybridized carbons (Fsp3) is 0.571. The predicted octanol–water partition coefficient (Wildman–Crippen LogP) is 5.69. The van der Waals surface area contributed by atoms with Crippen molar-refractivity contribution >= 4 is 33.2 Å². The molecule has 20 heavy (non-hydrogen) atoms. The lowest BCUT2D eigenvalue weighted by molar-refractivity contribution is -0.0499. The van der Waals surface area contributed by atoms with Crippen LogP contribution < -0.4 is 10.1 Å². The van der Waals surface area contributed by atoms with Gasteiger partial charge < -0.3 is 10.1 Å². The molecule has 0 atom stereocenters. The minimum Gasteiger partial charge on any atom is -0.431 e. The van der Waals surface area contributed by atoms with Crippen LogP contribution in [0.25, 0.3) is 0 Å². The second-order valence-corrected chi connectivity index (χ2v) is 6.53. The third-order valence-corrected chi connectivity index (χ3v) is 4.40. The van der Waals surface area contributed by atoms with Crippen molar-refractivity contribution in [3.63, 3.8) is 0 Å². The normalized spacial score (nSPS) is 22.9. The lowest BCUT2D eigenvalue weighted by Gasteiger charge is -2.28. The standard InChI is InChI=1S/C14H17BrClF2NO/c1-8-2-4-10(5-3-8)19-12-7-9(16)6-11(15)13(12)20-14(17)18/h6-8,10,14,19H,2-5H2,1H3. The maximum absolute atomic E-state index is 12.5. The van der Waals surface area contributed by atoms with Gasteiger partial charge in [0.25, 0.3) is 0 Å². The molecule has 0 amide bonds. The Bertz CT molecular complexity index is 465. The predicted molar refractivity (Wildman–Crippen MR) is 80.8 cm³/mol. The van der Waals surface area contributed by atoms with E-state index < -0.39 is 6.61 Å². The summed E-state index contributed by atoms with van der Waals surface area (Å²) < 4.78 is 30.0. The van der Waals surface area contributed by atoms with Crippen LogP contribution in [0, 0.1) is 5.92 Å². The summed E-state index contributed by atoms with van der Waals surface area (Å²) in [6.07, 6.45) is 4.34. The van der Waals surface area contributed by atoms with Gasteiger partial charge in [-0.3, -0.25) is 0 Å². The number of rotatable bonds is 4. The van der Waals surface area contributed by atoms with E-state index in [0.29, 0.717) is 15.2 Å². The van der Waals surface area contributed by atoms with Crippen LogP contribution >= 0.6 is 27.5 Å². The molecule has 0 heterocycles. The molecule has 0 saturated heterocycles. The van der Waals surface area contributed by atoms with E-state index >= 15 is 0 Å². The Kier molecular flexibility index (Phi) is 5.49. The second kappa shape index (κ2) is 6.94. The third-order valence-electron chi connectivity index (χ3n) is 3.59. The SMILES string of the molecule is CC1CCC(Nc2cc(Cl)cc(Br)c2OC(F)F)CC1. The summed E-state index contributed by atoms with van der Waals surface area (Å²) >= 11 is 9.20. The second-order valence-electron chi connectivity index (χ2n) is 5.24. The fourth-order valence-electron chi connectivity index (χ4n) is 2.50. The summed E-state index contributed by atoms with van der Waals surface area (Å²) in [5.41, 5.74) is 0.518. The van der Waals surface area contributed by atoms with Gasteiger partial charge in [-0.1, -0.05) is 18.5 Å². The zero-order valence-corrected chi connectivity index (χ0v) is 13.5. The zero-order chi connectivity index (χ0) is 14.7. The average Bonchev–Trinajstić information content (AvgIpc) is 2.36. The fourth-order valence-corrected chi connectivity index (χ4v) is 3.40. The van der Waals surface area contributed by atoms with Crippen molar-refractivity contribution < 1.29 is 13.5 Å². The summed E-state index contributed by atoms with van der Waals surface area (Å²) in [6.45, 7) is -0.628. The molecule has 112 valence electrons. The lowest BCUT2D eigenvalue weighted by atomic mass is 9.87. The van der Waals surface area contributed by atoms with Gasteiger partial charge in [-0.2, -0.15) is 8.78 Å². The average molecular weight is 369 g/mol. The Morgan fingerprint density at radius 2 is 1.95 bits per heavy atom. The van der Waals surface area contributed by atoms with Gasteiger partial charge in [0.15, 0.2) is 5.75 Å². The molecule has 6 heteroatoms. The molecule has 0 radical (unpaired) electrons. The van der Waals surface area contributed by atoms with Crippen molar-refractivity contribution in [1.29, 1.82) is 0 Å². The third kappa shape index (κ3) is 4.22. The highest BCUT2D eigenvalue weighted by atomic mass is 79.9. The van der Waals surface area contributed by atoms with Gasteiger partial charge in [-0.15, -0.1) is 0 Å². The van der Waals surface area contributed by atoms with Crippen LogP contribution in [0.2, 0.25) is 5.02 Å². The van der Waals surface area contributed by atoms with E-state index in [-0.39, 0.29) is 11.8 Å². The summed E-state index contributed by atoms with van der Waals surface area (Å²) in [4.78, 5) is 0. The zero-order valence-electron chi connectivity index (χ0n) is 11.1. The van der Waals surface area contributed by atoms with Crippen LogP contribution in [0.15, 0.2) is 16.6 Å². The maximum Gasteiger partial charge on any atom is 0.387 e. The molecule has 1 aromatic carbocycles. The molecule has 1 saturated carbocycles. The first-order valence-electron chi connectivity index (χ1n) is 6.66. The molecule has 1 N–H and O–H groups in total. The number of nitrogens with one attached hydrogen (secondary N) is 1. The van der Waals surface area contributed by atoms with Crippen molar-refractivity contribution in [2.24, 2.45) is 5.92 Å². The van der Waals surface area contributed by atoms with Gasteiger partial charge in [-0.25, -0.2) is 0 Å². The lowest BCUT2D eigenvalue weighted by Crippen LogP contribution is -2.25. The first-order chi connectivity index (χ1) is 9.45. The summed E-state index contributed by atoms with van der Waals surface area (Å²) in [5.74, 6) is 0.846. The van der Waals surface area contributed by atoms with Gasteiger partial charge in [0, 0.05) is 11.1 Å². The highest BCUT2D eigenvalue weighted by molar-refractivity contribution is 9.10. The van der Waals surface area contributed by atoms with E-state index in [1.807, 2.05) is 0 Å². The van der Waals surface area contributed by atoms with E-state index in [2.05, 4.69) is 32.9 Å². The number of ether oxygens (including phenoxy) is 1. The topological polar surface area (TPSA) is 21.3 Å². The highest BCUT2D eigenvalue weighted by Gasteiger charge is 2.21. The van der Waals surface area contributed by atoms with Crippen molar-refractivity contribution in [3.05, 3.63) is 21.6 Å². The number of alkyl halides is 2. The molecule has 0 unspecified atom stereocenters. The Morgan fingerprint density at radius 3 is 2.55 bits per heavy atom. The molecule has 0 spiro atoms. The largest absolute Gasteiger partial charge is 0.431 e. The van der Waals surface area contributed by atoms with Gasteiger partial charge in [0.2, 0.25) is 0 Å². The number of anilines is 1. The van der Waals surface area contributed by atoms with Gasteiger partial charge in [0.1, 0.15) is 0 Å². The van der Waals surface area contributed by atoms with Gasteiger partial charge >= 0.3 is 6.61 Å². The molecule has 2 nitrogen and oxygen atoms in total. The minimum atomic E-state index is -2.86. The van der Waals surface area contributed by atoms with Crippen molar-refractivity contribution in [2.45, 2.75) is 45.3 Å². The Labute approximate surface area is 131 Å². The first-order valence-corrected chi connectivity index (χ1v) is 7.83. The molecular weight excluding hydrogens is 352 g/mol. The number of hydrogen-bond acceptors (Lipinski definition) is 2. The molecule has 0 aromatic heterocycles. The van der Waals surface area contributed by atoms with E-state index in [4.69, 9.17) is 11.6 Å². The van der Waals surface area contributed by atoms with Crippen molar-refractivity contribution in [1.82, 2.24) is 0 Å². The molecule has 1 fully saturated rings. The number of hydrogen-bond donors (Lipinski definition) is 1. The Morgan fingerprint density at radius 1 is 1.30 bits per heavy atom. The monoisotopic (exact) mass is 367 g/mol. The summed E-state index contributed by atoms with van der Waals surface area (Å²) in [5, 5.41) is 3.76. The molecule has 1 aromatic rings.